The van der Waals surface area contributed by atoms with Gasteiger partial charge in [0.05, 0.1) is 32.8 Å². The van der Waals surface area contributed by atoms with E-state index >= 15 is 0 Å². The molecule has 102 heavy (non-hydrogen) atoms. The number of aliphatic hydroxyl groups excluding tert-OH is 1. The van der Waals surface area contributed by atoms with Gasteiger partial charge in [-0.25, -0.2) is 9.13 Å². The molecule has 0 aromatic carbocycles. The van der Waals surface area contributed by atoms with Gasteiger partial charge in [-0.3, -0.25) is 37.3 Å². The van der Waals surface area contributed by atoms with Crippen LogP contribution in [-0.4, -0.2) is 96.7 Å². The van der Waals surface area contributed by atoms with E-state index in [0.717, 1.165) is 161 Å². The Hall–Kier alpha value is -6.10. The van der Waals surface area contributed by atoms with E-state index in [9.17, 15) is 43.2 Å². The molecule has 0 aromatic heterocycles. The van der Waals surface area contributed by atoms with Crippen LogP contribution in [0.25, 0.3) is 0 Å². The SMILES string of the molecule is CC/C=C\C/C=C\C/C=C\C/C=C\C/C=C\CCCC(=O)OCC(COP(=O)(O)OCC(O)COP(=O)(O)OCC(COC(=O)CCCCCC/C=C\C/C=C\C/C=C\C/C=C\CC)OC(=O)C/C=C\C/C=C\C/C=C\C/C=C\C/C=C\CC)OC(=O)CCCCCCC/C=C\C/C=C\CCC. The zero-order valence-corrected chi connectivity index (χ0v) is 64.2. The molecule has 0 radical (unpaired) electrons. The average Bonchev–Trinajstić information content (AvgIpc) is 0.908. The Kier molecular flexibility index (Phi) is 68.8. The van der Waals surface area contributed by atoms with Crippen LogP contribution >= 0.6 is 15.6 Å². The average molecular weight is 1460 g/mol. The van der Waals surface area contributed by atoms with E-state index in [1.165, 1.54) is 0 Å². The number of carbonyl (C=O) groups excluding carboxylic acids is 4. The van der Waals surface area contributed by atoms with Gasteiger partial charge < -0.3 is 33.8 Å². The van der Waals surface area contributed by atoms with Crippen molar-refractivity contribution in [3.05, 3.63) is 194 Å². The summed E-state index contributed by atoms with van der Waals surface area (Å²) < 4.78 is 68.2. The summed E-state index contributed by atoms with van der Waals surface area (Å²) in [5.41, 5.74) is 0. The lowest BCUT2D eigenvalue weighted by Crippen LogP contribution is -2.30. The molecular formula is C83H130O17P2. The lowest BCUT2D eigenvalue weighted by atomic mass is 10.1. The van der Waals surface area contributed by atoms with Crippen LogP contribution in [0.3, 0.4) is 0 Å². The fourth-order valence-corrected chi connectivity index (χ4v) is 10.5. The molecule has 17 nitrogen and oxygen atoms in total. The number of phosphoric ester groups is 2. The monoisotopic (exact) mass is 1460 g/mol. The van der Waals surface area contributed by atoms with E-state index in [0.29, 0.717) is 32.1 Å². The molecule has 3 N–H and O–H groups in total. The minimum Gasteiger partial charge on any atom is -0.462 e. The second-order valence-corrected chi connectivity index (χ2v) is 27.0. The molecule has 0 aliphatic heterocycles. The van der Waals surface area contributed by atoms with Gasteiger partial charge in [-0.2, -0.15) is 0 Å². The Labute approximate surface area is 615 Å². The first-order valence-corrected chi connectivity index (χ1v) is 40.7. The minimum absolute atomic E-state index is 0.0555. The van der Waals surface area contributed by atoms with Gasteiger partial charge in [0.15, 0.2) is 12.2 Å². The molecule has 0 bridgehead atoms. The number of hydrogen-bond donors (Lipinski definition) is 3. The maximum atomic E-state index is 13.1. The van der Waals surface area contributed by atoms with Crippen LogP contribution in [0.2, 0.25) is 0 Å². The molecule has 0 heterocycles. The van der Waals surface area contributed by atoms with Crippen molar-refractivity contribution >= 4 is 39.5 Å². The summed E-state index contributed by atoms with van der Waals surface area (Å²) in [5.74, 6) is -2.46. The van der Waals surface area contributed by atoms with Crippen molar-refractivity contribution in [2.45, 2.75) is 264 Å². The third-order valence-corrected chi connectivity index (χ3v) is 16.5. The maximum Gasteiger partial charge on any atom is 0.472 e. The first-order valence-electron chi connectivity index (χ1n) is 37.7. The molecule has 0 aliphatic rings. The Morgan fingerprint density at radius 3 is 0.912 bits per heavy atom. The normalized spacial score (nSPS) is 15.0. The van der Waals surface area contributed by atoms with Gasteiger partial charge in [0.25, 0.3) is 0 Å². The van der Waals surface area contributed by atoms with Crippen LogP contribution < -0.4 is 0 Å². The molecule has 5 unspecified atom stereocenters. The number of carbonyl (C=O) groups is 4. The smallest absolute Gasteiger partial charge is 0.462 e. The topological polar surface area (TPSA) is 237 Å². The Morgan fingerprint density at radius 2 is 0.559 bits per heavy atom. The van der Waals surface area contributed by atoms with Crippen LogP contribution in [-0.2, 0) is 65.4 Å². The maximum absolute atomic E-state index is 13.1. The van der Waals surface area contributed by atoms with Crippen molar-refractivity contribution in [1.82, 2.24) is 0 Å². The van der Waals surface area contributed by atoms with Crippen molar-refractivity contribution in [2.75, 3.05) is 39.6 Å². The number of rotatable bonds is 68. The number of phosphoric acid groups is 2. The largest absolute Gasteiger partial charge is 0.472 e. The van der Waals surface area contributed by atoms with E-state index in [-0.39, 0.29) is 25.7 Å². The lowest BCUT2D eigenvalue weighted by molar-refractivity contribution is -0.161. The predicted octanol–water partition coefficient (Wildman–Crippen LogP) is 21.8. The van der Waals surface area contributed by atoms with Crippen LogP contribution in [0.5, 0.6) is 0 Å². The molecule has 19 heteroatoms. The van der Waals surface area contributed by atoms with E-state index in [4.69, 9.17) is 37.0 Å². The summed E-state index contributed by atoms with van der Waals surface area (Å²) in [6.45, 7) is 4.19. The molecule has 574 valence electrons. The number of allylic oxidation sites excluding steroid dienone is 31. The van der Waals surface area contributed by atoms with Gasteiger partial charge >= 0.3 is 39.5 Å². The van der Waals surface area contributed by atoms with Crippen molar-refractivity contribution in [3.63, 3.8) is 0 Å². The van der Waals surface area contributed by atoms with E-state index in [1.54, 1.807) is 12.2 Å². The van der Waals surface area contributed by atoms with Gasteiger partial charge in [-0.05, 0) is 154 Å². The number of unbranched alkanes of at least 4 members (excludes halogenated alkanes) is 11. The third-order valence-electron chi connectivity index (χ3n) is 14.5. The van der Waals surface area contributed by atoms with Crippen molar-refractivity contribution < 1.29 is 80.2 Å². The first kappa shape index (κ1) is 95.9. The highest BCUT2D eigenvalue weighted by molar-refractivity contribution is 7.47. The zero-order valence-electron chi connectivity index (χ0n) is 62.4. The molecular weight excluding hydrogens is 1330 g/mol. The van der Waals surface area contributed by atoms with E-state index in [2.05, 4.69) is 186 Å². The summed E-state index contributed by atoms with van der Waals surface area (Å²) >= 11 is 0. The number of aliphatic hydroxyl groups is 1. The molecule has 0 amide bonds. The zero-order chi connectivity index (χ0) is 74.6. The minimum atomic E-state index is -5.02. The number of hydrogen-bond acceptors (Lipinski definition) is 15. The lowest BCUT2D eigenvalue weighted by Gasteiger charge is -2.21. The van der Waals surface area contributed by atoms with E-state index in [1.807, 2.05) is 24.3 Å². The molecule has 0 saturated carbocycles. The summed E-state index contributed by atoms with van der Waals surface area (Å²) in [5, 5.41) is 10.6. The Bertz CT molecular complexity index is 2700. The van der Waals surface area contributed by atoms with Crippen molar-refractivity contribution in [2.24, 2.45) is 0 Å². The molecule has 5 atom stereocenters. The second-order valence-electron chi connectivity index (χ2n) is 24.1. The summed E-state index contributed by atoms with van der Waals surface area (Å²) in [4.78, 5) is 72.8. The van der Waals surface area contributed by atoms with E-state index < -0.39 is 97.5 Å². The quantitative estimate of drug-likeness (QED) is 0.0169. The molecule has 0 rings (SSSR count). The highest BCUT2D eigenvalue weighted by Crippen LogP contribution is 2.45. The predicted molar refractivity (Wildman–Crippen MR) is 417 cm³/mol. The molecule has 0 fully saturated rings. The van der Waals surface area contributed by atoms with Crippen LogP contribution in [0.4, 0.5) is 0 Å². The number of esters is 4. The fourth-order valence-electron chi connectivity index (χ4n) is 8.95. The summed E-state index contributed by atoms with van der Waals surface area (Å²) in [7, 11) is -10.0. The molecule has 0 spiro atoms. The van der Waals surface area contributed by atoms with Gasteiger partial charge in [0.1, 0.15) is 19.3 Å². The summed E-state index contributed by atoms with van der Waals surface area (Å²) in [6, 6.07) is 0. The second kappa shape index (κ2) is 73.2. The highest BCUT2D eigenvalue weighted by Gasteiger charge is 2.30. The third kappa shape index (κ3) is 72.3. The van der Waals surface area contributed by atoms with Gasteiger partial charge in [0.2, 0.25) is 0 Å². The van der Waals surface area contributed by atoms with Gasteiger partial charge in [0, 0.05) is 19.3 Å². The van der Waals surface area contributed by atoms with Crippen LogP contribution in [0.1, 0.15) is 246 Å². The van der Waals surface area contributed by atoms with Gasteiger partial charge in [-0.1, -0.05) is 261 Å². The highest BCUT2D eigenvalue weighted by atomic mass is 31.2. The summed E-state index contributed by atoms with van der Waals surface area (Å²) in [6.07, 6.45) is 89.0. The Balaban J connectivity index is 5.52. The first-order chi connectivity index (χ1) is 49.7. The number of ether oxygens (including phenoxy) is 4. The van der Waals surface area contributed by atoms with Crippen LogP contribution in [0, 0.1) is 0 Å². The standard InChI is InChI=1S/C83H130O17P2/c1-5-9-13-17-21-25-29-33-36-38-41-44-47-51-55-59-63-67-80(85)93-73-78(99-82(87)69-65-61-57-53-49-43-32-28-24-20-16-12-8-4)75-97-101(89,90)95-71-77(84)72-96-102(91,92)98-76-79(100-83(88)70-66-62-58-54-50-46-40-35-31-27-23-19-15-11-7-3)74-94-81(86)68-64-60-56-52-48-45-42-39-37-34-30-26-22-18-14-10-6-2/h9-11,13-16,20-23,25-28,32-37,40-42,44-45,50-51,54-55,62,66,77-79,84H,5-8,12,17-19,24,29-31,38-39,43,46-49,52-53,56-61,63-65,67-76H2,1-4H3,(H,89,90)(H,91,92)/b13-9-,14-10-,15-11-,20-16-,25-21-,26-22-,27-23-,32-28-,36-33-,37-34-,40-35-,44-41-,45-42-,54-50-,55-51-,66-62-. The van der Waals surface area contributed by atoms with Crippen LogP contribution in [0.15, 0.2) is 194 Å². The van der Waals surface area contributed by atoms with Crippen molar-refractivity contribution in [3.8, 4) is 0 Å². The Morgan fingerprint density at radius 1 is 0.294 bits per heavy atom. The fraction of sp³-hybridized carbons (Fsp3) is 0.566. The molecule has 0 saturated heterocycles. The molecule has 0 aliphatic carbocycles. The molecule has 0 aromatic rings. The van der Waals surface area contributed by atoms with Gasteiger partial charge in [-0.15, -0.1) is 0 Å². The van der Waals surface area contributed by atoms with Crippen molar-refractivity contribution in [1.29, 1.82) is 0 Å².